The molecule has 3 aromatic rings. The van der Waals surface area contributed by atoms with Crippen LogP contribution in [0.2, 0.25) is 0 Å². The Labute approximate surface area is 107 Å². The lowest BCUT2D eigenvalue weighted by atomic mass is 10.4. The van der Waals surface area contributed by atoms with Crippen molar-refractivity contribution in [1.82, 2.24) is 19.8 Å². The average molecular weight is 262 g/mol. The number of aromatic nitrogens is 4. The van der Waals surface area contributed by atoms with Gasteiger partial charge < -0.3 is 9.15 Å². The highest BCUT2D eigenvalue weighted by molar-refractivity contribution is 7.17. The van der Waals surface area contributed by atoms with Crippen molar-refractivity contribution in [2.24, 2.45) is 0 Å². The standard InChI is InChI=1S/C11H10N4O2S/c1-16-7-9-12-13-11-15(9)14-10(18-11)5-4-8-3-2-6-17-8/h2-6H,7H2,1H3/b5-4-. The normalized spacial score (nSPS) is 11.8. The summed E-state index contributed by atoms with van der Waals surface area (Å²) in [5.74, 6) is 1.49. The highest BCUT2D eigenvalue weighted by atomic mass is 32.1. The summed E-state index contributed by atoms with van der Waals surface area (Å²) in [5.41, 5.74) is 0. The zero-order chi connectivity index (χ0) is 12.4. The monoisotopic (exact) mass is 262 g/mol. The summed E-state index contributed by atoms with van der Waals surface area (Å²) in [6, 6.07) is 3.72. The Morgan fingerprint density at radius 3 is 3.17 bits per heavy atom. The predicted octanol–water partition coefficient (Wildman–Crippen LogP) is 2.10. The molecule has 6 nitrogen and oxygen atoms in total. The molecule has 0 unspecified atom stereocenters. The molecule has 0 N–H and O–H groups in total. The van der Waals surface area contributed by atoms with Crippen molar-refractivity contribution in [3.63, 3.8) is 0 Å². The lowest BCUT2D eigenvalue weighted by Gasteiger charge is -1.91. The molecule has 0 saturated heterocycles. The number of hydrogen-bond donors (Lipinski definition) is 0. The summed E-state index contributed by atoms with van der Waals surface area (Å²) in [4.78, 5) is 0.751. The molecule has 92 valence electrons. The van der Waals surface area contributed by atoms with Gasteiger partial charge in [0, 0.05) is 7.11 Å². The Balaban J connectivity index is 1.89. The molecule has 0 amide bonds. The topological polar surface area (TPSA) is 65.5 Å². The molecule has 0 fully saturated rings. The molecule has 0 spiro atoms. The van der Waals surface area contributed by atoms with Gasteiger partial charge in [0.05, 0.1) is 6.26 Å². The van der Waals surface area contributed by atoms with Crippen LogP contribution in [0.5, 0.6) is 0 Å². The number of furan rings is 1. The van der Waals surface area contributed by atoms with Crippen LogP contribution >= 0.6 is 11.3 Å². The summed E-state index contributed by atoms with van der Waals surface area (Å²) >= 11 is 1.46. The fraction of sp³-hybridized carbons (Fsp3) is 0.182. The molecule has 18 heavy (non-hydrogen) atoms. The van der Waals surface area contributed by atoms with Crippen LogP contribution < -0.4 is 0 Å². The van der Waals surface area contributed by atoms with Gasteiger partial charge in [-0.15, -0.1) is 10.2 Å². The van der Waals surface area contributed by atoms with Crippen LogP contribution in [0.15, 0.2) is 22.8 Å². The SMILES string of the molecule is COCc1nnc2sc(/C=C\c3ccco3)nn12. The van der Waals surface area contributed by atoms with E-state index < -0.39 is 0 Å². The van der Waals surface area contributed by atoms with Gasteiger partial charge in [-0.05, 0) is 24.3 Å². The van der Waals surface area contributed by atoms with Crippen molar-refractivity contribution >= 4 is 28.4 Å². The van der Waals surface area contributed by atoms with Crippen molar-refractivity contribution < 1.29 is 9.15 Å². The van der Waals surface area contributed by atoms with Gasteiger partial charge in [-0.2, -0.15) is 9.61 Å². The van der Waals surface area contributed by atoms with Gasteiger partial charge in [-0.25, -0.2) is 0 Å². The molecule has 0 saturated carbocycles. The minimum atomic E-state index is 0.395. The van der Waals surface area contributed by atoms with E-state index in [2.05, 4.69) is 15.3 Å². The minimum absolute atomic E-state index is 0.395. The molecular weight excluding hydrogens is 252 g/mol. The number of rotatable bonds is 4. The molecule has 3 rings (SSSR count). The van der Waals surface area contributed by atoms with E-state index in [1.165, 1.54) is 11.3 Å². The second-order valence-corrected chi connectivity index (χ2v) is 4.52. The summed E-state index contributed by atoms with van der Waals surface area (Å²) < 4.78 is 11.9. The average Bonchev–Trinajstić information content (AvgIpc) is 3.04. The fourth-order valence-electron chi connectivity index (χ4n) is 1.50. The number of methoxy groups -OCH3 is 1. The summed E-state index contributed by atoms with van der Waals surface area (Å²) in [6.45, 7) is 0.395. The van der Waals surface area contributed by atoms with E-state index in [0.29, 0.717) is 12.4 Å². The van der Waals surface area contributed by atoms with Gasteiger partial charge in [0.1, 0.15) is 17.4 Å². The number of ether oxygens (including phenoxy) is 1. The van der Waals surface area contributed by atoms with Gasteiger partial charge >= 0.3 is 0 Å². The van der Waals surface area contributed by atoms with Crippen LogP contribution in [0, 0.1) is 0 Å². The van der Waals surface area contributed by atoms with Crippen molar-refractivity contribution in [3.05, 3.63) is 35.0 Å². The van der Waals surface area contributed by atoms with Crippen molar-refractivity contribution in [3.8, 4) is 0 Å². The first-order valence-corrected chi connectivity index (χ1v) is 6.10. The molecule has 0 aliphatic heterocycles. The fourth-order valence-corrected chi connectivity index (χ4v) is 2.26. The Hall–Kier alpha value is -1.99. The number of hydrogen-bond acceptors (Lipinski definition) is 6. The van der Waals surface area contributed by atoms with Crippen LogP contribution in [-0.2, 0) is 11.3 Å². The lowest BCUT2D eigenvalue weighted by Crippen LogP contribution is -1.97. The Kier molecular flexibility index (Phi) is 2.91. The van der Waals surface area contributed by atoms with E-state index in [1.54, 1.807) is 17.9 Å². The van der Waals surface area contributed by atoms with E-state index in [9.17, 15) is 0 Å². The van der Waals surface area contributed by atoms with E-state index in [4.69, 9.17) is 9.15 Å². The Morgan fingerprint density at radius 2 is 2.39 bits per heavy atom. The molecule has 0 atom stereocenters. The van der Waals surface area contributed by atoms with Gasteiger partial charge in [-0.3, -0.25) is 0 Å². The Bertz CT molecular complexity index is 668. The highest BCUT2D eigenvalue weighted by Gasteiger charge is 2.09. The van der Waals surface area contributed by atoms with Gasteiger partial charge in [0.15, 0.2) is 5.82 Å². The smallest absolute Gasteiger partial charge is 0.235 e. The quantitative estimate of drug-likeness (QED) is 0.720. The molecule has 0 aromatic carbocycles. The van der Waals surface area contributed by atoms with Crippen molar-refractivity contribution in [2.75, 3.05) is 7.11 Å². The van der Waals surface area contributed by atoms with Crippen molar-refractivity contribution in [1.29, 1.82) is 0 Å². The summed E-state index contributed by atoms with van der Waals surface area (Å²) in [7, 11) is 1.62. The zero-order valence-electron chi connectivity index (χ0n) is 9.61. The summed E-state index contributed by atoms with van der Waals surface area (Å²) in [5, 5.41) is 13.3. The molecule has 0 aliphatic rings. The van der Waals surface area contributed by atoms with Crippen LogP contribution in [0.4, 0.5) is 0 Å². The first kappa shape index (κ1) is 11.1. The second kappa shape index (κ2) is 4.71. The number of fused-ring (bicyclic) bond motifs is 1. The number of nitrogens with zero attached hydrogens (tertiary/aromatic N) is 4. The minimum Gasteiger partial charge on any atom is -0.465 e. The van der Waals surface area contributed by atoms with Crippen LogP contribution in [0.25, 0.3) is 17.1 Å². The Morgan fingerprint density at radius 1 is 1.44 bits per heavy atom. The lowest BCUT2D eigenvalue weighted by molar-refractivity contribution is 0.176. The first-order valence-electron chi connectivity index (χ1n) is 5.28. The third kappa shape index (κ3) is 2.05. The van der Waals surface area contributed by atoms with Crippen LogP contribution in [0.1, 0.15) is 16.6 Å². The maximum absolute atomic E-state index is 5.21. The molecule has 0 radical (unpaired) electrons. The van der Waals surface area contributed by atoms with E-state index in [1.807, 2.05) is 24.3 Å². The van der Waals surface area contributed by atoms with E-state index >= 15 is 0 Å². The largest absolute Gasteiger partial charge is 0.465 e. The van der Waals surface area contributed by atoms with E-state index in [0.717, 1.165) is 15.7 Å². The molecule has 3 heterocycles. The highest BCUT2D eigenvalue weighted by Crippen LogP contribution is 2.17. The third-order valence-electron chi connectivity index (χ3n) is 2.28. The molecule has 7 heteroatoms. The summed E-state index contributed by atoms with van der Waals surface area (Å²) in [6.07, 6.45) is 5.38. The maximum atomic E-state index is 5.21. The van der Waals surface area contributed by atoms with E-state index in [-0.39, 0.29) is 0 Å². The molecule has 0 aliphatic carbocycles. The van der Waals surface area contributed by atoms with Gasteiger partial charge in [-0.1, -0.05) is 11.3 Å². The molecular formula is C11H10N4O2S. The zero-order valence-corrected chi connectivity index (χ0v) is 10.4. The van der Waals surface area contributed by atoms with Crippen molar-refractivity contribution in [2.45, 2.75) is 6.61 Å². The van der Waals surface area contributed by atoms with Gasteiger partial charge in [0.2, 0.25) is 4.96 Å². The third-order valence-corrected chi connectivity index (χ3v) is 3.14. The van der Waals surface area contributed by atoms with Crippen LogP contribution in [0.3, 0.4) is 0 Å². The van der Waals surface area contributed by atoms with Gasteiger partial charge in [0.25, 0.3) is 0 Å². The first-order chi connectivity index (χ1) is 8.86. The predicted molar refractivity (Wildman–Crippen MR) is 67.0 cm³/mol. The maximum Gasteiger partial charge on any atom is 0.235 e. The second-order valence-electron chi connectivity index (χ2n) is 3.53. The van der Waals surface area contributed by atoms with Crippen LogP contribution in [-0.4, -0.2) is 26.9 Å². The molecule has 3 aromatic heterocycles. The molecule has 0 bridgehead atoms.